The molecule has 0 aliphatic rings. The van der Waals surface area contributed by atoms with Gasteiger partial charge in [0.05, 0.1) is 12.3 Å². The van der Waals surface area contributed by atoms with Crippen LogP contribution in [-0.2, 0) is 0 Å². The van der Waals surface area contributed by atoms with E-state index in [1.54, 1.807) is 0 Å². The molecule has 106 valence electrons. The van der Waals surface area contributed by atoms with Gasteiger partial charge in [0.15, 0.2) is 0 Å². The minimum absolute atomic E-state index is 0.188. The standard InChI is InChI=1S/C16H17F2NO/c1-12-10-15(18)16(11-14(12)17)19-8-5-9-20-13-6-3-2-4-7-13/h2-4,6-7,10-11,19H,5,8-9H2,1H3. The average molecular weight is 277 g/mol. The van der Waals surface area contributed by atoms with Crippen LogP contribution in [0.5, 0.6) is 5.75 Å². The summed E-state index contributed by atoms with van der Waals surface area (Å²) >= 11 is 0. The first kappa shape index (κ1) is 14.3. The van der Waals surface area contributed by atoms with E-state index in [-0.39, 0.29) is 5.69 Å². The quantitative estimate of drug-likeness (QED) is 0.801. The third-order valence-electron chi connectivity index (χ3n) is 2.90. The molecule has 0 aliphatic carbocycles. The van der Waals surface area contributed by atoms with Crippen LogP contribution < -0.4 is 10.1 Å². The molecule has 2 aromatic carbocycles. The minimum atomic E-state index is -0.437. The number of ether oxygens (including phenoxy) is 1. The Balaban J connectivity index is 1.75. The van der Waals surface area contributed by atoms with E-state index in [0.29, 0.717) is 25.1 Å². The molecule has 0 saturated carbocycles. The number of nitrogens with one attached hydrogen (secondary N) is 1. The molecule has 0 heterocycles. The number of anilines is 1. The Morgan fingerprint density at radius 3 is 2.55 bits per heavy atom. The van der Waals surface area contributed by atoms with Gasteiger partial charge in [0.2, 0.25) is 0 Å². The molecule has 0 bridgehead atoms. The van der Waals surface area contributed by atoms with Crippen molar-refractivity contribution >= 4 is 5.69 Å². The lowest BCUT2D eigenvalue weighted by Crippen LogP contribution is -2.08. The lowest BCUT2D eigenvalue weighted by atomic mass is 10.2. The van der Waals surface area contributed by atoms with Crippen molar-refractivity contribution in [1.29, 1.82) is 0 Å². The normalized spacial score (nSPS) is 10.3. The second-order valence-corrected chi connectivity index (χ2v) is 4.52. The van der Waals surface area contributed by atoms with Gasteiger partial charge in [-0.1, -0.05) is 18.2 Å². The van der Waals surface area contributed by atoms with Crippen molar-refractivity contribution in [1.82, 2.24) is 0 Å². The van der Waals surface area contributed by atoms with Gasteiger partial charge >= 0.3 is 0 Å². The van der Waals surface area contributed by atoms with Crippen molar-refractivity contribution in [2.75, 3.05) is 18.5 Å². The fourth-order valence-corrected chi connectivity index (χ4v) is 1.78. The van der Waals surface area contributed by atoms with Gasteiger partial charge in [-0.05, 0) is 37.1 Å². The fourth-order valence-electron chi connectivity index (χ4n) is 1.78. The Morgan fingerprint density at radius 2 is 1.80 bits per heavy atom. The van der Waals surface area contributed by atoms with Crippen molar-refractivity contribution in [2.45, 2.75) is 13.3 Å². The monoisotopic (exact) mass is 277 g/mol. The summed E-state index contributed by atoms with van der Waals surface area (Å²) in [7, 11) is 0. The van der Waals surface area contributed by atoms with E-state index in [0.717, 1.165) is 5.75 Å². The first-order chi connectivity index (χ1) is 9.66. The topological polar surface area (TPSA) is 21.3 Å². The zero-order valence-electron chi connectivity index (χ0n) is 11.3. The van der Waals surface area contributed by atoms with E-state index < -0.39 is 11.6 Å². The molecule has 0 fully saturated rings. The van der Waals surface area contributed by atoms with Gasteiger partial charge in [0.1, 0.15) is 17.4 Å². The summed E-state index contributed by atoms with van der Waals surface area (Å²) in [4.78, 5) is 0. The zero-order valence-corrected chi connectivity index (χ0v) is 11.3. The van der Waals surface area contributed by atoms with Crippen LogP contribution in [0.3, 0.4) is 0 Å². The lowest BCUT2D eigenvalue weighted by molar-refractivity contribution is 0.315. The van der Waals surface area contributed by atoms with E-state index in [1.165, 1.54) is 19.1 Å². The van der Waals surface area contributed by atoms with Crippen molar-refractivity contribution < 1.29 is 13.5 Å². The van der Waals surface area contributed by atoms with E-state index in [9.17, 15) is 8.78 Å². The summed E-state index contributed by atoms with van der Waals surface area (Å²) in [5.41, 5.74) is 0.494. The Morgan fingerprint density at radius 1 is 1.05 bits per heavy atom. The highest BCUT2D eigenvalue weighted by Crippen LogP contribution is 2.18. The number of benzene rings is 2. The van der Waals surface area contributed by atoms with Crippen LogP contribution in [0.2, 0.25) is 0 Å². The SMILES string of the molecule is Cc1cc(F)c(NCCCOc2ccccc2)cc1F. The van der Waals surface area contributed by atoms with Crippen molar-refractivity contribution in [3.05, 3.63) is 59.7 Å². The fraction of sp³-hybridized carbons (Fsp3) is 0.250. The van der Waals surface area contributed by atoms with Crippen LogP contribution in [0, 0.1) is 18.6 Å². The highest BCUT2D eigenvalue weighted by atomic mass is 19.1. The molecule has 0 aliphatic heterocycles. The summed E-state index contributed by atoms with van der Waals surface area (Å²) in [5.74, 6) is -0.0395. The van der Waals surface area contributed by atoms with Crippen LogP contribution >= 0.6 is 0 Å². The van der Waals surface area contributed by atoms with E-state index in [1.807, 2.05) is 30.3 Å². The summed E-state index contributed by atoms with van der Waals surface area (Å²) < 4.78 is 32.4. The number of para-hydroxylation sites is 1. The maximum absolute atomic E-state index is 13.5. The van der Waals surface area contributed by atoms with Crippen LogP contribution in [0.4, 0.5) is 14.5 Å². The Bertz CT molecular complexity index is 558. The van der Waals surface area contributed by atoms with Crippen LogP contribution in [0.15, 0.2) is 42.5 Å². The molecule has 0 atom stereocenters. The second kappa shape index (κ2) is 6.89. The molecule has 20 heavy (non-hydrogen) atoms. The number of aryl methyl sites for hydroxylation is 1. The Hall–Kier alpha value is -2.10. The predicted molar refractivity (Wildman–Crippen MR) is 76.1 cm³/mol. The molecule has 2 nitrogen and oxygen atoms in total. The van der Waals surface area contributed by atoms with Crippen LogP contribution in [-0.4, -0.2) is 13.2 Å². The van der Waals surface area contributed by atoms with Gasteiger partial charge in [0.25, 0.3) is 0 Å². The van der Waals surface area contributed by atoms with E-state index >= 15 is 0 Å². The van der Waals surface area contributed by atoms with Crippen molar-refractivity contribution in [3.63, 3.8) is 0 Å². The number of hydrogen-bond acceptors (Lipinski definition) is 2. The molecule has 2 rings (SSSR count). The van der Waals surface area contributed by atoms with E-state index in [4.69, 9.17) is 4.74 Å². The van der Waals surface area contributed by atoms with Gasteiger partial charge in [-0.15, -0.1) is 0 Å². The Kier molecular flexibility index (Phi) is 4.93. The van der Waals surface area contributed by atoms with Crippen molar-refractivity contribution in [3.8, 4) is 5.75 Å². The maximum Gasteiger partial charge on any atom is 0.146 e. The zero-order chi connectivity index (χ0) is 14.4. The number of halogens is 2. The molecule has 0 aromatic heterocycles. The van der Waals surface area contributed by atoms with E-state index in [2.05, 4.69) is 5.32 Å². The first-order valence-electron chi connectivity index (χ1n) is 6.54. The molecule has 2 aromatic rings. The molecular weight excluding hydrogens is 260 g/mol. The smallest absolute Gasteiger partial charge is 0.146 e. The predicted octanol–water partition coefficient (Wildman–Crippen LogP) is 4.15. The molecule has 1 N–H and O–H groups in total. The lowest BCUT2D eigenvalue weighted by Gasteiger charge is -2.10. The molecule has 0 radical (unpaired) electrons. The summed E-state index contributed by atoms with van der Waals surface area (Å²) in [6.45, 7) is 2.58. The largest absolute Gasteiger partial charge is 0.494 e. The number of hydrogen-bond donors (Lipinski definition) is 1. The summed E-state index contributed by atoms with van der Waals surface area (Å²) in [6, 6.07) is 11.9. The molecule has 0 amide bonds. The molecule has 0 unspecified atom stereocenters. The van der Waals surface area contributed by atoms with Gasteiger partial charge < -0.3 is 10.1 Å². The molecular formula is C16H17F2NO. The van der Waals surface area contributed by atoms with Crippen LogP contribution in [0.25, 0.3) is 0 Å². The highest BCUT2D eigenvalue weighted by molar-refractivity contribution is 5.46. The van der Waals surface area contributed by atoms with Gasteiger partial charge in [-0.2, -0.15) is 0 Å². The molecule has 0 spiro atoms. The summed E-state index contributed by atoms with van der Waals surface area (Å²) in [5, 5.41) is 2.87. The van der Waals surface area contributed by atoms with Gasteiger partial charge in [0, 0.05) is 12.6 Å². The van der Waals surface area contributed by atoms with Gasteiger partial charge in [-0.25, -0.2) is 8.78 Å². The van der Waals surface area contributed by atoms with Gasteiger partial charge in [-0.3, -0.25) is 0 Å². The molecule has 0 saturated heterocycles. The summed E-state index contributed by atoms with van der Waals surface area (Å²) in [6.07, 6.45) is 0.698. The highest BCUT2D eigenvalue weighted by Gasteiger charge is 2.06. The molecule has 4 heteroatoms. The van der Waals surface area contributed by atoms with Crippen LogP contribution in [0.1, 0.15) is 12.0 Å². The third kappa shape index (κ3) is 3.95. The first-order valence-corrected chi connectivity index (χ1v) is 6.54. The maximum atomic E-state index is 13.5. The van der Waals surface area contributed by atoms with Crippen molar-refractivity contribution in [2.24, 2.45) is 0 Å². The minimum Gasteiger partial charge on any atom is -0.494 e. The number of rotatable bonds is 6. The third-order valence-corrected chi connectivity index (χ3v) is 2.90. The second-order valence-electron chi connectivity index (χ2n) is 4.52. The average Bonchev–Trinajstić information content (AvgIpc) is 2.45. The Labute approximate surface area is 117 Å².